The second kappa shape index (κ2) is 7.05. The van der Waals surface area contributed by atoms with Crippen LogP contribution in [-0.4, -0.2) is 17.5 Å². The van der Waals surface area contributed by atoms with Gasteiger partial charge in [0.05, 0.1) is 18.2 Å². The van der Waals surface area contributed by atoms with Crippen LogP contribution in [-0.2, 0) is 0 Å². The summed E-state index contributed by atoms with van der Waals surface area (Å²) in [4.78, 5) is 16.3. The Morgan fingerprint density at radius 1 is 1.38 bits per heavy atom. The lowest BCUT2D eigenvalue weighted by Crippen LogP contribution is -2.26. The molecule has 1 aromatic carbocycles. The average molecular weight is 389 g/mol. The van der Waals surface area contributed by atoms with Gasteiger partial charge in [-0.3, -0.25) is 9.78 Å². The third-order valence-corrected chi connectivity index (χ3v) is 4.00. The van der Waals surface area contributed by atoms with Crippen LogP contribution >= 0.6 is 15.9 Å². The van der Waals surface area contributed by atoms with E-state index < -0.39 is 0 Å². The lowest BCUT2D eigenvalue weighted by molar-refractivity contribution is 0.0935. The number of benzene rings is 1. The van der Waals surface area contributed by atoms with Crippen molar-refractivity contribution >= 4 is 32.8 Å². The number of para-hydroxylation sites is 1. The number of fused-ring (bicyclic) bond motifs is 1. The van der Waals surface area contributed by atoms with Gasteiger partial charge in [0, 0.05) is 22.3 Å². The molecule has 0 aliphatic rings. The summed E-state index contributed by atoms with van der Waals surface area (Å²) in [6.45, 7) is 4.37. The van der Waals surface area contributed by atoms with Crippen LogP contribution in [0.15, 0.2) is 51.6 Å². The average Bonchev–Trinajstić information content (AvgIpc) is 3.00. The molecule has 2 heterocycles. The summed E-state index contributed by atoms with van der Waals surface area (Å²) in [6, 6.07) is 9.11. The highest BCUT2D eigenvalue weighted by molar-refractivity contribution is 9.10. The molecule has 0 fully saturated rings. The smallest absolute Gasteiger partial charge is 0.253 e. The molecule has 0 aliphatic heterocycles. The Kier molecular flexibility index (Phi) is 4.85. The van der Waals surface area contributed by atoms with Crippen LogP contribution < -0.4 is 10.1 Å². The van der Waals surface area contributed by atoms with Gasteiger partial charge in [-0.15, -0.1) is 0 Å². The molecule has 3 aromatic rings. The molecule has 1 unspecified atom stereocenters. The molecule has 5 nitrogen and oxygen atoms in total. The molecule has 3 rings (SSSR count). The Morgan fingerprint density at radius 3 is 2.96 bits per heavy atom. The fourth-order valence-electron chi connectivity index (χ4n) is 2.43. The highest BCUT2D eigenvalue weighted by atomic mass is 79.9. The third kappa shape index (κ3) is 3.43. The van der Waals surface area contributed by atoms with E-state index in [1.807, 2.05) is 38.1 Å². The number of nitrogens with one attached hydrogen (secondary N) is 1. The zero-order chi connectivity index (χ0) is 17.1. The lowest BCUT2D eigenvalue weighted by Gasteiger charge is -2.11. The van der Waals surface area contributed by atoms with E-state index in [4.69, 9.17) is 9.15 Å². The van der Waals surface area contributed by atoms with E-state index in [2.05, 4.69) is 26.2 Å². The molecule has 0 bridgehead atoms. The quantitative estimate of drug-likeness (QED) is 0.699. The van der Waals surface area contributed by atoms with Gasteiger partial charge in [0.25, 0.3) is 5.91 Å². The molecule has 0 saturated heterocycles. The van der Waals surface area contributed by atoms with Crippen LogP contribution in [0, 0.1) is 0 Å². The third-order valence-electron chi connectivity index (χ3n) is 3.57. The maximum atomic E-state index is 12.3. The summed E-state index contributed by atoms with van der Waals surface area (Å²) >= 11 is 3.31. The Morgan fingerprint density at radius 2 is 2.21 bits per heavy atom. The fourth-order valence-corrected chi connectivity index (χ4v) is 2.79. The van der Waals surface area contributed by atoms with Gasteiger partial charge in [0.2, 0.25) is 0 Å². The molecule has 1 N–H and O–H groups in total. The summed E-state index contributed by atoms with van der Waals surface area (Å²) in [5, 5.41) is 3.86. The van der Waals surface area contributed by atoms with Gasteiger partial charge in [-0.1, -0.05) is 12.1 Å². The minimum Gasteiger partial charge on any atom is -0.490 e. The molecule has 1 atom stereocenters. The van der Waals surface area contributed by atoms with Crippen molar-refractivity contribution < 1.29 is 13.9 Å². The van der Waals surface area contributed by atoms with Crippen molar-refractivity contribution in [2.45, 2.75) is 19.9 Å². The number of hydrogen-bond acceptors (Lipinski definition) is 4. The van der Waals surface area contributed by atoms with Crippen molar-refractivity contribution in [3.05, 3.63) is 58.5 Å². The van der Waals surface area contributed by atoms with Crippen LogP contribution in [0.1, 0.15) is 36.0 Å². The van der Waals surface area contributed by atoms with Gasteiger partial charge in [-0.05, 0) is 48.0 Å². The molecule has 0 radical (unpaired) electrons. The molecule has 2 aromatic heterocycles. The van der Waals surface area contributed by atoms with Crippen molar-refractivity contribution in [3.63, 3.8) is 0 Å². The number of nitrogens with zero attached hydrogens (tertiary/aromatic N) is 1. The molecule has 0 saturated carbocycles. The molecule has 0 aliphatic carbocycles. The number of hydrogen-bond donors (Lipinski definition) is 1. The number of amides is 1. The normalized spacial score (nSPS) is 12.1. The minimum absolute atomic E-state index is 0.207. The van der Waals surface area contributed by atoms with Crippen LogP contribution in [0.3, 0.4) is 0 Å². The van der Waals surface area contributed by atoms with E-state index in [0.717, 1.165) is 9.86 Å². The zero-order valence-electron chi connectivity index (χ0n) is 13.4. The molecule has 24 heavy (non-hydrogen) atoms. The lowest BCUT2D eigenvalue weighted by atomic mass is 10.2. The van der Waals surface area contributed by atoms with Crippen molar-refractivity contribution in [1.82, 2.24) is 10.3 Å². The summed E-state index contributed by atoms with van der Waals surface area (Å²) in [5.74, 6) is 1.17. The van der Waals surface area contributed by atoms with Gasteiger partial charge in [-0.2, -0.15) is 0 Å². The predicted molar refractivity (Wildman–Crippen MR) is 95.2 cm³/mol. The number of aromatic nitrogens is 1. The molecule has 6 heteroatoms. The summed E-state index contributed by atoms with van der Waals surface area (Å²) in [6.07, 6.45) is 3.16. The first-order chi connectivity index (χ1) is 11.6. The Hall–Kier alpha value is -2.34. The first-order valence-corrected chi connectivity index (χ1v) is 8.44. The zero-order valence-corrected chi connectivity index (χ0v) is 15.0. The van der Waals surface area contributed by atoms with E-state index in [1.165, 1.54) is 6.20 Å². The summed E-state index contributed by atoms with van der Waals surface area (Å²) in [7, 11) is 0. The largest absolute Gasteiger partial charge is 0.490 e. The molecular formula is C18H17BrN2O3. The highest BCUT2D eigenvalue weighted by Crippen LogP contribution is 2.31. The Balaban J connectivity index is 1.82. The maximum Gasteiger partial charge on any atom is 0.253 e. The first kappa shape index (κ1) is 16.5. The maximum absolute atomic E-state index is 12.3. The number of rotatable bonds is 5. The summed E-state index contributed by atoms with van der Waals surface area (Å²) in [5.41, 5.74) is 1.18. The van der Waals surface area contributed by atoms with Crippen LogP contribution in [0.4, 0.5) is 0 Å². The van der Waals surface area contributed by atoms with E-state index in [-0.39, 0.29) is 11.9 Å². The van der Waals surface area contributed by atoms with Gasteiger partial charge < -0.3 is 14.5 Å². The van der Waals surface area contributed by atoms with Crippen LogP contribution in [0.25, 0.3) is 11.0 Å². The van der Waals surface area contributed by atoms with E-state index in [0.29, 0.717) is 29.3 Å². The standard InChI is InChI=1S/C18H17BrN2O3/c1-3-23-15-6-4-5-12-8-16(24-17(12)15)11(2)21-18(22)13-7-14(19)10-20-9-13/h4-11H,3H2,1-2H3,(H,21,22). The number of ether oxygens (including phenoxy) is 1. The highest BCUT2D eigenvalue weighted by Gasteiger charge is 2.17. The Bertz CT molecular complexity index is 876. The molecular weight excluding hydrogens is 372 g/mol. The number of carbonyl (C=O) groups excluding carboxylic acids is 1. The monoisotopic (exact) mass is 388 g/mol. The van der Waals surface area contributed by atoms with Crippen molar-refractivity contribution in [1.29, 1.82) is 0 Å². The molecule has 1 amide bonds. The van der Waals surface area contributed by atoms with Crippen molar-refractivity contribution in [2.24, 2.45) is 0 Å². The van der Waals surface area contributed by atoms with Crippen LogP contribution in [0.5, 0.6) is 5.75 Å². The topological polar surface area (TPSA) is 64.4 Å². The summed E-state index contributed by atoms with van der Waals surface area (Å²) < 4.78 is 12.2. The van der Waals surface area contributed by atoms with E-state index in [9.17, 15) is 4.79 Å². The number of pyridine rings is 1. The molecule has 124 valence electrons. The van der Waals surface area contributed by atoms with E-state index in [1.54, 1.807) is 12.3 Å². The van der Waals surface area contributed by atoms with Crippen LogP contribution in [0.2, 0.25) is 0 Å². The van der Waals surface area contributed by atoms with Gasteiger partial charge in [0.15, 0.2) is 11.3 Å². The number of halogens is 1. The predicted octanol–water partition coefficient (Wildman–Crippen LogP) is 4.48. The van der Waals surface area contributed by atoms with Gasteiger partial charge in [-0.25, -0.2) is 0 Å². The SMILES string of the molecule is CCOc1cccc2cc(C(C)NC(=O)c3cncc(Br)c3)oc12. The second-order valence-corrected chi connectivity index (χ2v) is 6.26. The minimum atomic E-state index is -0.279. The fraction of sp³-hybridized carbons (Fsp3) is 0.222. The first-order valence-electron chi connectivity index (χ1n) is 7.65. The Labute approximate surface area is 148 Å². The van der Waals surface area contributed by atoms with Gasteiger partial charge in [0.1, 0.15) is 5.76 Å². The second-order valence-electron chi connectivity index (χ2n) is 5.34. The number of carbonyl (C=O) groups is 1. The van der Waals surface area contributed by atoms with E-state index >= 15 is 0 Å². The van der Waals surface area contributed by atoms with Gasteiger partial charge >= 0.3 is 0 Å². The molecule has 0 spiro atoms. The van der Waals surface area contributed by atoms with Crippen molar-refractivity contribution in [2.75, 3.05) is 6.61 Å². The number of furan rings is 1. The van der Waals surface area contributed by atoms with Crippen molar-refractivity contribution in [3.8, 4) is 5.75 Å².